The van der Waals surface area contributed by atoms with E-state index in [0.29, 0.717) is 17.0 Å². The maximum atomic E-state index is 13.6. The highest BCUT2D eigenvalue weighted by atomic mass is 32.2. The van der Waals surface area contributed by atoms with Crippen LogP contribution in [0, 0.1) is 12.3 Å². The van der Waals surface area contributed by atoms with Gasteiger partial charge in [-0.05, 0) is 34.6 Å². The van der Waals surface area contributed by atoms with Gasteiger partial charge in [0.2, 0.25) is 5.88 Å². The summed E-state index contributed by atoms with van der Waals surface area (Å²) in [6.07, 6.45) is -2.60. The van der Waals surface area contributed by atoms with Gasteiger partial charge in [-0.1, -0.05) is 11.8 Å². The van der Waals surface area contributed by atoms with Crippen molar-refractivity contribution in [3.05, 3.63) is 12.2 Å². The van der Waals surface area contributed by atoms with Gasteiger partial charge < -0.3 is 29.5 Å². The normalized spacial score (nSPS) is 23.8. The molecule has 43 heavy (non-hydrogen) atoms. The quantitative estimate of drug-likeness (QED) is 0.114. The van der Waals surface area contributed by atoms with Crippen LogP contribution < -0.4 is 9.82 Å². The first-order valence-electron chi connectivity index (χ1n) is 13.6. The second-order valence-electron chi connectivity index (χ2n) is 10.6. The SMILES string of the molecule is CCOC(=O)CCNP(=O)(OCCSC(=O)C(C)(C)CO)OC[C@H]1O[C@@H](n2cnc3c(OC)nc(C)nc32)C(C)(O)[C@H]1O. The number of ether oxygens (including phenoxy) is 3. The fraction of sp³-hybridized carbons (Fsp3) is 0.720. The van der Waals surface area contributed by atoms with Gasteiger partial charge in [0.05, 0.1) is 51.7 Å². The molecule has 2 aromatic heterocycles. The van der Waals surface area contributed by atoms with Crippen LogP contribution in [0.4, 0.5) is 0 Å². The second-order valence-corrected chi connectivity index (χ2v) is 13.5. The first-order valence-corrected chi connectivity index (χ1v) is 16.1. The van der Waals surface area contributed by atoms with E-state index in [2.05, 4.69) is 20.0 Å². The molecular formula is C25H40N5O11PS. The van der Waals surface area contributed by atoms with Crippen molar-refractivity contribution >= 4 is 41.8 Å². The van der Waals surface area contributed by atoms with Gasteiger partial charge in [0.25, 0.3) is 0 Å². The van der Waals surface area contributed by atoms with Gasteiger partial charge in [-0.15, -0.1) is 0 Å². The zero-order valence-corrected chi connectivity index (χ0v) is 26.7. The number of imidazole rings is 1. The number of aromatic nitrogens is 4. The van der Waals surface area contributed by atoms with Crippen molar-refractivity contribution in [1.29, 1.82) is 0 Å². The summed E-state index contributed by atoms with van der Waals surface area (Å²) < 4.78 is 42.3. The van der Waals surface area contributed by atoms with Crippen molar-refractivity contribution in [3.63, 3.8) is 0 Å². The molecule has 0 bridgehead atoms. The number of carbonyl (C=O) groups excluding carboxylic acids is 2. The van der Waals surface area contributed by atoms with Gasteiger partial charge >= 0.3 is 13.7 Å². The van der Waals surface area contributed by atoms with Gasteiger partial charge in [-0.25, -0.2) is 19.6 Å². The Morgan fingerprint density at radius 3 is 2.67 bits per heavy atom. The Balaban J connectivity index is 1.72. The molecule has 0 radical (unpaired) electrons. The topological polar surface area (TPSA) is 214 Å². The highest BCUT2D eigenvalue weighted by molar-refractivity contribution is 8.13. The van der Waals surface area contributed by atoms with E-state index >= 15 is 0 Å². The van der Waals surface area contributed by atoms with Crippen LogP contribution in [-0.4, -0.2) is 110 Å². The van der Waals surface area contributed by atoms with Crippen LogP contribution in [0.2, 0.25) is 0 Å². The van der Waals surface area contributed by atoms with Crippen LogP contribution in [0.5, 0.6) is 5.88 Å². The number of carbonyl (C=O) groups is 2. The van der Waals surface area contributed by atoms with E-state index in [-0.39, 0.29) is 49.5 Å². The summed E-state index contributed by atoms with van der Waals surface area (Å²) in [5.41, 5.74) is -2.19. The standard InChI is InChI=1S/C25H40N5O11PS/c1-7-38-17(32)8-9-27-42(36,39-10-11-43-23(34)24(3,4)13-31)40-12-16-19(33)25(5,35)22(41-16)30-14-26-18-20(30)28-15(2)29-21(18)37-6/h14,16,19,22,31,33,35H,7-13H2,1-6H3,(H,27,36)/t16-,19+,22-,25?,42?/m1/s1. The minimum Gasteiger partial charge on any atom is -0.479 e. The summed E-state index contributed by atoms with van der Waals surface area (Å²) in [5.74, 6) is 0.195. The number of methoxy groups -OCH3 is 1. The average Bonchev–Trinajstić information content (AvgIpc) is 3.46. The molecule has 2 aromatic rings. The van der Waals surface area contributed by atoms with E-state index in [0.717, 1.165) is 11.8 Å². The molecule has 1 aliphatic heterocycles. The minimum absolute atomic E-state index is 0.104. The van der Waals surface area contributed by atoms with Crippen molar-refractivity contribution in [2.45, 2.75) is 65.1 Å². The van der Waals surface area contributed by atoms with Crippen LogP contribution in [0.1, 0.15) is 46.2 Å². The van der Waals surface area contributed by atoms with Crippen molar-refractivity contribution in [2.24, 2.45) is 5.41 Å². The Labute approximate surface area is 253 Å². The predicted molar refractivity (Wildman–Crippen MR) is 154 cm³/mol. The molecule has 2 unspecified atom stereocenters. The number of hydrogen-bond acceptors (Lipinski definition) is 15. The Hall–Kier alpha value is -2.21. The van der Waals surface area contributed by atoms with Crippen LogP contribution in [-0.2, 0) is 32.7 Å². The summed E-state index contributed by atoms with van der Waals surface area (Å²) in [4.78, 5) is 36.9. The molecule has 0 saturated carbocycles. The number of hydrogen-bond donors (Lipinski definition) is 4. The van der Waals surface area contributed by atoms with E-state index in [1.54, 1.807) is 27.7 Å². The number of aliphatic hydroxyl groups excluding tert-OH is 2. The molecule has 0 spiro atoms. The third-order valence-electron chi connectivity index (χ3n) is 6.58. The summed E-state index contributed by atoms with van der Waals surface area (Å²) in [7, 11) is -2.68. The maximum Gasteiger partial charge on any atom is 0.405 e. The summed E-state index contributed by atoms with van der Waals surface area (Å²) in [6.45, 7) is 6.95. The van der Waals surface area contributed by atoms with Crippen LogP contribution in [0.15, 0.2) is 6.33 Å². The summed E-state index contributed by atoms with van der Waals surface area (Å²) in [6, 6.07) is 0. The molecule has 0 aromatic carbocycles. The lowest BCUT2D eigenvalue weighted by molar-refractivity contribution is -0.142. The molecule has 0 amide bonds. The number of thioether (sulfide) groups is 1. The lowest BCUT2D eigenvalue weighted by Crippen LogP contribution is -2.44. The molecule has 1 saturated heterocycles. The highest BCUT2D eigenvalue weighted by Gasteiger charge is 2.54. The molecule has 242 valence electrons. The van der Waals surface area contributed by atoms with Crippen LogP contribution in [0.25, 0.3) is 11.2 Å². The number of nitrogens with one attached hydrogen (secondary N) is 1. The molecule has 16 nitrogen and oxygen atoms in total. The average molecular weight is 650 g/mol. The molecule has 3 rings (SSSR count). The van der Waals surface area contributed by atoms with E-state index in [9.17, 15) is 29.5 Å². The number of esters is 1. The fourth-order valence-electron chi connectivity index (χ4n) is 4.07. The zero-order chi connectivity index (χ0) is 32.0. The Kier molecular flexibility index (Phi) is 12.1. The molecule has 1 fully saturated rings. The largest absolute Gasteiger partial charge is 0.479 e. The molecular weight excluding hydrogens is 609 g/mol. The molecule has 3 heterocycles. The van der Waals surface area contributed by atoms with Gasteiger partial charge in [0.15, 0.2) is 22.5 Å². The van der Waals surface area contributed by atoms with Gasteiger partial charge in [0.1, 0.15) is 23.6 Å². The van der Waals surface area contributed by atoms with Crippen molar-refractivity contribution < 1.29 is 52.7 Å². The first kappa shape index (κ1) is 35.3. The predicted octanol–water partition coefficient (Wildman–Crippen LogP) is 1.12. The molecule has 4 N–H and O–H groups in total. The monoisotopic (exact) mass is 649 g/mol. The third-order valence-corrected chi connectivity index (χ3v) is 9.38. The van der Waals surface area contributed by atoms with Crippen molar-refractivity contribution in [2.75, 3.05) is 45.8 Å². The Bertz CT molecular complexity index is 1320. The molecule has 1 aliphatic rings. The lowest BCUT2D eigenvalue weighted by atomic mass is 9.96. The van der Waals surface area contributed by atoms with Crippen molar-refractivity contribution in [3.8, 4) is 5.88 Å². The number of rotatable bonds is 16. The number of aryl methyl sites for hydroxylation is 1. The van der Waals surface area contributed by atoms with Crippen LogP contribution >= 0.6 is 19.5 Å². The van der Waals surface area contributed by atoms with Gasteiger partial charge in [-0.2, -0.15) is 4.98 Å². The van der Waals surface area contributed by atoms with Gasteiger partial charge in [-0.3, -0.25) is 23.2 Å². The van der Waals surface area contributed by atoms with Crippen LogP contribution in [0.3, 0.4) is 0 Å². The fourth-order valence-corrected chi connectivity index (χ4v) is 6.31. The van der Waals surface area contributed by atoms with Crippen molar-refractivity contribution in [1.82, 2.24) is 24.6 Å². The summed E-state index contributed by atoms with van der Waals surface area (Å²) >= 11 is 0.902. The molecule has 5 atom stereocenters. The Morgan fingerprint density at radius 1 is 1.30 bits per heavy atom. The zero-order valence-electron chi connectivity index (χ0n) is 25.0. The smallest absolute Gasteiger partial charge is 0.405 e. The van der Waals surface area contributed by atoms with Gasteiger partial charge in [0, 0.05) is 12.3 Å². The number of aliphatic hydroxyl groups is 3. The third kappa shape index (κ3) is 8.49. The van der Waals surface area contributed by atoms with E-state index in [1.165, 1.54) is 24.9 Å². The maximum absolute atomic E-state index is 13.6. The molecule has 0 aliphatic carbocycles. The lowest BCUT2D eigenvalue weighted by Gasteiger charge is -2.27. The number of nitrogens with zero attached hydrogens (tertiary/aromatic N) is 4. The van der Waals surface area contributed by atoms with E-state index in [1.807, 2.05) is 0 Å². The van der Waals surface area contributed by atoms with E-state index in [4.69, 9.17) is 23.3 Å². The molecule has 18 heteroatoms. The first-order chi connectivity index (χ1) is 20.2. The highest BCUT2D eigenvalue weighted by Crippen LogP contribution is 2.46. The summed E-state index contributed by atoms with van der Waals surface area (Å²) in [5, 5.41) is 33.9. The second kappa shape index (κ2) is 14.7. The van der Waals surface area contributed by atoms with E-state index < -0.39 is 49.8 Å². The number of fused-ring (bicyclic) bond motifs is 1. The minimum atomic E-state index is -4.12. The Morgan fingerprint density at radius 2 is 2.02 bits per heavy atom.